The molecule has 0 fully saturated rings. The average molecular weight is 496 g/mol. The van der Waals surface area contributed by atoms with E-state index in [1.165, 1.54) is 11.3 Å². The number of rotatable bonds is 7. The molecule has 0 radical (unpaired) electrons. The molecule has 2 N–H and O–H groups in total. The van der Waals surface area contributed by atoms with Crippen LogP contribution in [0.4, 0.5) is 0 Å². The van der Waals surface area contributed by atoms with E-state index in [4.69, 9.17) is 0 Å². The van der Waals surface area contributed by atoms with E-state index in [-0.39, 0.29) is 11.8 Å². The summed E-state index contributed by atoms with van der Waals surface area (Å²) in [6, 6.07) is 18.7. The number of likely N-dealkylation sites (N-methyl/N-ethyl adjacent to an activating group) is 1. The van der Waals surface area contributed by atoms with Crippen molar-refractivity contribution >= 4 is 50.0 Å². The Morgan fingerprint density at radius 2 is 1.87 bits per heavy atom. The predicted octanol–water partition coefficient (Wildman–Crippen LogP) is 4.99. The highest BCUT2D eigenvalue weighted by Crippen LogP contribution is 2.20. The van der Waals surface area contributed by atoms with Crippen molar-refractivity contribution in [1.82, 2.24) is 15.2 Å². The standard InChI is InChI=1S/C24H22BrN3O2S/c1-28(15-16-8-10-18(25)11-9-16)24(30)21(27-23(29)22-7-4-12-31-22)13-17-14-26-20-6-3-2-5-19(17)20/h2-12,14,21,26H,13,15H2,1H3,(H,27,29)/t21-/m0/s1. The van der Waals surface area contributed by atoms with E-state index in [1.807, 2.05) is 66.2 Å². The van der Waals surface area contributed by atoms with E-state index in [0.29, 0.717) is 17.8 Å². The molecule has 4 rings (SSSR count). The van der Waals surface area contributed by atoms with E-state index in [1.54, 1.807) is 18.0 Å². The Morgan fingerprint density at radius 3 is 2.61 bits per heavy atom. The van der Waals surface area contributed by atoms with Gasteiger partial charge < -0.3 is 15.2 Å². The quantitative estimate of drug-likeness (QED) is 0.379. The summed E-state index contributed by atoms with van der Waals surface area (Å²) < 4.78 is 0.991. The van der Waals surface area contributed by atoms with Crippen LogP contribution in [0.25, 0.3) is 10.9 Å². The van der Waals surface area contributed by atoms with Crippen LogP contribution in [0, 0.1) is 0 Å². The van der Waals surface area contributed by atoms with Crippen LogP contribution in [0.2, 0.25) is 0 Å². The molecule has 0 aliphatic heterocycles. The molecule has 0 aliphatic carbocycles. The van der Waals surface area contributed by atoms with Crippen molar-refractivity contribution < 1.29 is 9.59 Å². The van der Waals surface area contributed by atoms with Crippen molar-refractivity contribution in [2.45, 2.75) is 19.0 Å². The number of para-hydroxylation sites is 1. The maximum absolute atomic E-state index is 13.4. The summed E-state index contributed by atoms with van der Waals surface area (Å²) >= 11 is 4.79. The van der Waals surface area contributed by atoms with Crippen LogP contribution < -0.4 is 5.32 Å². The van der Waals surface area contributed by atoms with Gasteiger partial charge in [0.15, 0.2) is 0 Å². The van der Waals surface area contributed by atoms with Crippen molar-refractivity contribution in [2.75, 3.05) is 7.05 Å². The number of thiophene rings is 1. The van der Waals surface area contributed by atoms with Gasteiger partial charge in [-0.25, -0.2) is 0 Å². The van der Waals surface area contributed by atoms with E-state index in [9.17, 15) is 9.59 Å². The fourth-order valence-electron chi connectivity index (χ4n) is 3.57. The number of halogens is 1. The molecule has 2 aromatic heterocycles. The smallest absolute Gasteiger partial charge is 0.262 e. The van der Waals surface area contributed by atoms with Crippen molar-refractivity contribution in [3.63, 3.8) is 0 Å². The first-order valence-electron chi connectivity index (χ1n) is 9.90. The Bertz CT molecular complexity index is 1190. The van der Waals surface area contributed by atoms with Gasteiger partial charge in [-0.2, -0.15) is 0 Å². The third-order valence-electron chi connectivity index (χ3n) is 5.16. The number of aromatic amines is 1. The lowest BCUT2D eigenvalue weighted by Gasteiger charge is -2.25. The van der Waals surface area contributed by atoms with Crippen LogP contribution in [0.5, 0.6) is 0 Å². The van der Waals surface area contributed by atoms with E-state index in [2.05, 4.69) is 26.2 Å². The lowest BCUT2D eigenvalue weighted by Crippen LogP contribution is -2.48. The van der Waals surface area contributed by atoms with Gasteiger partial charge in [-0.05, 0) is 40.8 Å². The van der Waals surface area contributed by atoms with Crippen LogP contribution in [0.1, 0.15) is 20.8 Å². The van der Waals surface area contributed by atoms with Crippen LogP contribution in [0.3, 0.4) is 0 Å². The summed E-state index contributed by atoms with van der Waals surface area (Å²) in [5.74, 6) is -0.358. The van der Waals surface area contributed by atoms with Crippen LogP contribution in [-0.4, -0.2) is 34.8 Å². The molecule has 0 unspecified atom stereocenters. The zero-order valence-electron chi connectivity index (χ0n) is 17.0. The second kappa shape index (κ2) is 9.49. The zero-order chi connectivity index (χ0) is 21.8. The minimum Gasteiger partial charge on any atom is -0.361 e. The Hall–Kier alpha value is -2.90. The van der Waals surface area contributed by atoms with Crippen LogP contribution in [0.15, 0.2) is 76.7 Å². The minimum atomic E-state index is -0.672. The average Bonchev–Trinajstić information content (AvgIpc) is 3.45. The molecule has 0 bridgehead atoms. The number of carbonyl (C=O) groups is 2. The van der Waals surface area contributed by atoms with Gasteiger partial charge in [0.05, 0.1) is 4.88 Å². The molecule has 0 aliphatic rings. The van der Waals surface area contributed by atoms with E-state index in [0.717, 1.165) is 26.5 Å². The normalized spacial score (nSPS) is 11.9. The molecule has 5 nitrogen and oxygen atoms in total. The molecular formula is C24H22BrN3O2S. The van der Waals surface area contributed by atoms with Gasteiger partial charge in [0.25, 0.3) is 5.91 Å². The highest BCUT2D eigenvalue weighted by atomic mass is 79.9. The van der Waals surface area contributed by atoms with Gasteiger partial charge in [0.2, 0.25) is 5.91 Å². The first-order chi connectivity index (χ1) is 15.0. The van der Waals surface area contributed by atoms with E-state index >= 15 is 0 Å². The van der Waals surface area contributed by atoms with Crippen LogP contribution >= 0.6 is 27.3 Å². The Labute approximate surface area is 193 Å². The Balaban J connectivity index is 1.56. The molecule has 0 spiro atoms. The van der Waals surface area contributed by atoms with Crippen molar-refractivity contribution in [2.24, 2.45) is 0 Å². The Kier molecular flexibility index (Phi) is 6.53. The number of aromatic nitrogens is 1. The molecule has 2 aromatic carbocycles. The Morgan fingerprint density at radius 1 is 1.10 bits per heavy atom. The second-order valence-corrected chi connectivity index (χ2v) is 9.25. The van der Waals surface area contributed by atoms with Crippen molar-refractivity contribution in [3.05, 3.63) is 92.7 Å². The fourth-order valence-corrected chi connectivity index (χ4v) is 4.46. The number of hydrogen-bond acceptors (Lipinski definition) is 3. The molecule has 7 heteroatoms. The molecule has 2 heterocycles. The first kappa shape index (κ1) is 21.3. The highest BCUT2D eigenvalue weighted by molar-refractivity contribution is 9.10. The third kappa shape index (κ3) is 5.06. The highest BCUT2D eigenvalue weighted by Gasteiger charge is 2.26. The van der Waals surface area contributed by atoms with Gasteiger partial charge in [0, 0.05) is 41.6 Å². The van der Waals surface area contributed by atoms with Crippen LogP contribution in [-0.2, 0) is 17.8 Å². The first-order valence-corrected chi connectivity index (χ1v) is 11.6. The number of fused-ring (bicyclic) bond motifs is 1. The van der Waals surface area contributed by atoms with Gasteiger partial charge >= 0.3 is 0 Å². The monoisotopic (exact) mass is 495 g/mol. The lowest BCUT2D eigenvalue weighted by atomic mass is 10.0. The zero-order valence-corrected chi connectivity index (χ0v) is 19.4. The summed E-state index contributed by atoms with van der Waals surface area (Å²) in [4.78, 5) is 31.6. The number of carbonyl (C=O) groups excluding carboxylic acids is 2. The molecule has 158 valence electrons. The molecule has 31 heavy (non-hydrogen) atoms. The molecule has 2 amide bonds. The van der Waals surface area contributed by atoms with Gasteiger partial charge in [0.1, 0.15) is 6.04 Å². The molecular weight excluding hydrogens is 474 g/mol. The van der Waals surface area contributed by atoms with Gasteiger partial charge in [-0.15, -0.1) is 11.3 Å². The fraction of sp³-hybridized carbons (Fsp3) is 0.167. The number of hydrogen-bond donors (Lipinski definition) is 2. The SMILES string of the molecule is CN(Cc1ccc(Br)cc1)C(=O)[C@H](Cc1c[nH]c2ccccc12)NC(=O)c1cccs1. The van der Waals surface area contributed by atoms with Crippen molar-refractivity contribution in [1.29, 1.82) is 0 Å². The maximum Gasteiger partial charge on any atom is 0.262 e. The van der Waals surface area contributed by atoms with Gasteiger partial charge in [-0.3, -0.25) is 9.59 Å². The summed E-state index contributed by atoms with van der Waals surface area (Å²) in [7, 11) is 1.77. The molecule has 1 atom stereocenters. The lowest BCUT2D eigenvalue weighted by molar-refractivity contribution is -0.132. The van der Waals surface area contributed by atoms with Gasteiger partial charge in [-0.1, -0.05) is 52.3 Å². The summed E-state index contributed by atoms with van der Waals surface area (Å²) in [6.07, 6.45) is 2.32. The molecule has 4 aromatic rings. The molecule has 0 saturated heterocycles. The number of nitrogens with zero attached hydrogens (tertiary/aromatic N) is 1. The molecule has 0 saturated carbocycles. The minimum absolute atomic E-state index is 0.127. The summed E-state index contributed by atoms with van der Waals surface area (Å²) in [6.45, 7) is 0.464. The number of benzene rings is 2. The van der Waals surface area contributed by atoms with E-state index < -0.39 is 6.04 Å². The maximum atomic E-state index is 13.4. The number of nitrogens with one attached hydrogen (secondary N) is 2. The second-order valence-electron chi connectivity index (χ2n) is 7.39. The topological polar surface area (TPSA) is 65.2 Å². The predicted molar refractivity (Wildman–Crippen MR) is 128 cm³/mol. The number of amides is 2. The largest absolute Gasteiger partial charge is 0.361 e. The number of H-pyrrole nitrogens is 1. The third-order valence-corrected chi connectivity index (χ3v) is 6.55. The van der Waals surface area contributed by atoms with Crippen molar-refractivity contribution in [3.8, 4) is 0 Å². The summed E-state index contributed by atoms with van der Waals surface area (Å²) in [5, 5.41) is 5.87. The summed E-state index contributed by atoms with van der Waals surface area (Å²) in [5.41, 5.74) is 3.03.